The number of ether oxygens (including phenoxy) is 1. The van der Waals surface area contributed by atoms with Crippen molar-refractivity contribution >= 4 is 40.5 Å². The van der Waals surface area contributed by atoms with Crippen molar-refractivity contribution in [1.82, 2.24) is 4.90 Å². The second kappa shape index (κ2) is 5.99. The highest BCUT2D eigenvalue weighted by Crippen LogP contribution is 2.31. The second-order valence-corrected chi connectivity index (χ2v) is 5.85. The predicted octanol–water partition coefficient (Wildman–Crippen LogP) is 2.64. The van der Waals surface area contributed by atoms with Crippen LogP contribution in [0.3, 0.4) is 0 Å². The molecule has 2 aliphatic rings. The lowest BCUT2D eigenvalue weighted by Gasteiger charge is -2.27. The zero-order chi connectivity index (χ0) is 13.9. The lowest BCUT2D eigenvalue weighted by molar-refractivity contribution is -0.113. The summed E-state index contributed by atoms with van der Waals surface area (Å²) in [5, 5.41) is 1.39. The molecule has 0 radical (unpaired) electrons. The largest absolute Gasteiger partial charge is 0.378 e. The number of amides is 1. The Hall–Kier alpha value is -1.30. The van der Waals surface area contributed by atoms with Crippen LogP contribution in [0.1, 0.15) is 5.56 Å². The highest BCUT2D eigenvalue weighted by Gasteiger charge is 2.27. The molecule has 1 aromatic carbocycles. The van der Waals surface area contributed by atoms with Gasteiger partial charge in [-0.2, -0.15) is 4.99 Å². The molecule has 4 nitrogen and oxygen atoms in total. The third-order valence-corrected chi connectivity index (χ3v) is 4.47. The van der Waals surface area contributed by atoms with Crippen LogP contribution in [0.25, 0.3) is 6.08 Å². The molecule has 20 heavy (non-hydrogen) atoms. The monoisotopic (exact) mass is 308 g/mol. The van der Waals surface area contributed by atoms with E-state index in [1.54, 1.807) is 6.08 Å². The Labute approximate surface area is 126 Å². The van der Waals surface area contributed by atoms with Gasteiger partial charge in [0.15, 0.2) is 5.17 Å². The molecule has 0 saturated carbocycles. The van der Waals surface area contributed by atoms with E-state index < -0.39 is 0 Å². The fourth-order valence-corrected chi connectivity index (χ4v) is 3.17. The fraction of sp³-hybridized carbons (Fsp3) is 0.286. The Morgan fingerprint density at radius 1 is 1.30 bits per heavy atom. The Bertz CT molecular complexity index is 595. The molecule has 0 aliphatic carbocycles. The number of nitrogens with zero attached hydrogens (tertiary/aromatic N) is 2. The molecule has 6 heteroatoms. The van der Waals surface area contributed by atoms with Gasteiger partial charge >= 0.3 is 0 Å². The maximum absolute atomic E-state index is 12.0. The van der Waals surface area contributed by atoms with E-state index in [0.717, 1.165) is 23.8 Å². The Morgan fingerprint density at radius 2 is 2.05 bits per heavy atom. The topological polar surface area (TPSA) is 41.9 Å². The molecule has 1 amide bonds. The van der Waals surface area contributed by atoms with Crippen LogP contribution in [0.4, 0.5) is 0 Å². The molecule has 1 fully saturated rings. The van der Waals surface area contributed by atoms with Crippen LogP contribution in [0.15, 0.2) is 34.2 Å². The van der Waals surface area contributed by atoms with Gasteiger partial charge in [0.2, 0.25) is 0 Å². The molecule has 0 aromatic heterocycles. The third-order valence-electron chi connectivity index (χ3n) is 3.08. The first kappa shape index (κ1) is 13.7. The molecule has 104 valence electrons. The van der Waals surface area contributed by atoms with E-state index in [9.17, 15) is 4.79 Å². The summed E-state index contributed by atoms with van der Waals surface area (Å²) in [4.78, 5) is 18.8. The van der Waals surface area contributed by atoms with E-state index in [-0.39, 0.29) is 5.91 Å². The first-order valence-electron chi connectivity index (χ1n) is 6.34. The molecule has 2 heterocycles. The number of hydrogen-bond donors (Lipinski definition) is 0. The number of morpholine rings is 1. The molecule has 0 unspecified atom stereocenters. The van der Waals surface area contributed by atoms with Gasteiger partial charge in [-0.1, -0.05) is 29.8 Å². The minimum absolute atomic E-state index is 0.198. The van der Waals surface area contributed by atoms with Gasteiger partial charge in [-0.25, -0.2) is 0 Å². The first-order chi connectivity index (χ1) is 9.74. The second-order valence-electron chi connectivity index (χ2n) is 4.43. The fourth-order valence-electron chi connectivity index (χ4n) is 2.02. The minimum atomic E-state index is -0.198. The van der Waals surface area contributed by atoms with E-state index in [2.05, 4.69) is 9.89 Å². The van der Waals surface area contributed by atoms with Gasteiger partial charge in [0, 0.05) is 18.1 Å². The van der Waals surface area contributed by atoms with Crippen molar-refractivity contribution in [3.05, 3.63) is 39.8 Å². The Balaban J connectivity index is 1.78. The molecule has 0 spiro atoms. The lowest BCUT2D eigenvalue weighted by Crippen LogP contribution is -2.38. The number of aliphatic imine (C=N–C) groups is 1. The van der Waals surface area contributed by atoms with E-state index in [1.807, 2.05) is 24.3 Å². The number of amidine groups is 1. The average Bonchev–Trinajstić information content (AvgIpc) is 2.84. The summed E-state index contributed by atoms with van der Waals surface area (Å²) in [6.07, 6.45) is 1.80. The summed E-state index contributed by atoms with van der Waals surface area (Å²) in [5.41, 5.74) is 0.837. The van der Waals surface area contributed by atoms with Gasteiger partial charge < -0.3 is 9.64 Å². The highest BCUT2D eigenvalue weighted by molar-refractivity contribution is 8.18. The molecule has 0 N–H and O–H groups in total. The third kappa shape index (κ3) is 2.90. The predicted molar refractivity (Wildman–Crippen MR) is 81.9 cm³/mol. The van der Waals surface area contributed by atoms with Crippen LogP contribution in [-0.2, 0) is 9.53 Å². The van der Waals surface area contributed by atoms with Crippen molar-refractivity contribution in [2.45, 2.75) is 0 Å². The van der Waals surface area contributed by atoms with Crippen molar-refractivity contribution in [3.63, 3.8) is 0 Å². The standard InChI is InChI=1S/C14H13ClN2O2S/c15-11-4-2-1-3-10(11)9-12-13(18)16-14(20-12)17-5-7-19-8-6-17/h1-4,9H,5-8H2/b12-9+. The van der Waals surface area contributed by atoms with E-state index in [0.29, 0.717) is 23.1 Å². The van der Waals surface area contributed by atoms with Gasteiger partial charge in [-0.15, -0.1) is 0 Å². The number of rotatable bonds is 1. The van der Waals surface area contributed by atoms with Crippen LogP contribution < -0.4 is 0 Å². The highest BCUT2D eigenvalue weighted by atomic mass is 35.5. The lowest BCUT2D eigenvalue weighted by atomic mass is 10.2. The molecule has 2 aliphatic heterocycles. The smallest absolute Gasteiger partial charge is 0.286 e. The molecular weight excluding hydrogens is 296 g/mol. The zero-order valence-corrected chi connectivity index (χ0v) is 12.3. The van der Waals surface area contributed by atoms with Crippen molar-refractivity contribution < 1.29 is 9.53 Å². The summed E-state index contributed by atoms with van der Waals surface area (Å²) in [7, 11) is 0. The number of carbonyl (C=O) groups is 1. The van der Waals surface area contributed by atoms with Crippen LogP contribution in [-0.4, -0.2) is 42.3 Å². The molecular formula is C14H13ClN2O2S. The van der Waals surface area contributed by atoms with Gasteiger partial charge in [-0.3, -0.25) is 4.79 Å². The Morgan fingerprint density at radius 3 is 2.80 bits per heavy atom. The van der Waals surface area contributed by atoms with Crippen LogP contribution in [0, 0.1) is 0 Å². The minimum Gasteiger partial charge on any atom is -0.378 e. The maximum Gasteiger partial charge on any atom is 0.286 e. The van der Waals surface area contributed by atoms with E-state index in [1.165, 1.54) is 11.8 Å². The van der Waals surface area contributed by atoms with Crippen molar-refractivity contribution in [1.29, 1.82) is 0 Å². The van der Waals surface area contributed by atoms with Crippen molar-refractivity contribution in [2.75, 3.05) is 26.3 Å². The summed E-state index contributed by atoms with van der Waals surface area (Å²) in [6.45, 7) is 2.91. The van der Waals surface area contributed by atoms with Gasteiger partial charge in [0.25, 0.3) is 5.91 Å². The number of hydrogen-bond acceptors (Lipinski definition) is 4. The van der Waals surface area contributed by atoms with Crippen LogP contribution in [0.2, 0.25) is 5.02 Å². The number of carbonyl (C=O) groups excluding carboxylic acids is 1. The van der Waals surface area contributed by atoms with Crippen LogP contribution in [0.5, 0.6) is 0 Å². The number of thioether (sulfide) groups is 1. The zero-order valence-electron chi connectivity index (χ0n) is 10.7. The quantitative estimate of drug-likeness (QED) is 0.748. The normalized spacial score (nSPS) is 21.4. The Kier molecular flexibility index (Phi) is 4.10. The maximum atomic E-state index is 12.0. The first-order valence-corrected chi connectivity index (χ1v) is 7.53. The summed E-state index contributed by atoms with van der Waals surface area (Å²) in [5.74, 6) is -0.198. The van der Waals surface area contributed by atoms with Crippen LogP contribution >= 0.6 is 23.4 Å². The molecule has 3 rings (SSSR count). The van der Waals surface area contributed by atoms with E-state index in [4.69, 9.17) is 16.3 Å². The van der Waals surface area contributed by atoms with E-state index >= 15 is 0 Å². The van der Waals surface area contributed by atoms with Crippen molar-refractivity contribution in [2.24, 2.45) is 4.99 Å². The van der Waals surface area contributed by atoms with Gasteiger partial charge in [0.05, 0.1) is 18.1 Å². The average molecular weight is 309 g/mol. The molecule has 1 saturated heterocycles. The van der Waals surface area contributed by atoms with Gasteiger partial charge in [0.1, 0.15) is 0 Å². The molecule has 1 aromatic rings. The SMILES string of the molecule is O=C1N=C(N2CCOCC2)S/C1=C/c1ccccc1Cl. The summed E-state index contributed by atoms with van der Waals surface area (Å²) < 4.78 is 5.30. The number of benzene rings is 1. The summed E-state index contributed by atoms with van der Waals surface area (Å²) in [6, 6.07) is 7.45. The number of halogens is 1. The van der Waals surface area contributed by atoms with Crippen molar-refractivity contribution in [3.8, 4) is 0 Å². The van der Waals surface area contributed by atoms with Gasteiger partial charge in [-0.05, 0) is 29.5 Å². The molecule has 0 atom stereocenters. The molecule has 0 bridgehead atoms. The summed E-state index contributed by atoms with van der Waals surface area (Å²) >= 11 is 7.51.